The van der Waals surface area contributed by atoms with Gasteiger partial charge in [-0.3, -0.25) is 0 Å². The molecule has 3 N–H and O–H groups in total. The second-order valence-electron chi connectivity index (χ2n) is 11.8. The number of aliphatic hydroxyl groups is 1. The monoisotopic (exact) mass is 413 g/mol. The molecule has 1 aromatic rings. The lowest BCUT2D eigenvalue weighted by atomic mass is 9.33. The number of nitrogens with one attached hydrogen (secondary N) is 1. The van der Waals surface area contributed by atoms with Crippen molar-refractivity contribution >= 4 is 0 Å². The number of piperidine rings is 1. The zero-order valence-corrected chi connectivity index (χ0v) is 18.8. The molecule has 4 bridgehead atoms. The Morgan fingerprint density at radius 2 is 1.93 bits per heavy atom. The Morgan fingerprint density at radius 3 is 2.63 bits per heavy atom. The van der Waals surface area contributed by atoms with Crippen LogP contribution in [0.2, 0.25) is 0 Å². The van der Waals surface area contributed by atoms with Crippen molar-refractivity contribution in [1.29, 1.82) is 0 Å². The van der Waals surface area contributed by atoms with Gasteiger partial charge in [0.1, 0.15) is 11.7 Å². The van der Waals surface area contributed by atoms with Gasteiger partial charge in [-0.2, -0.15) is 0 Å². The molecule has 7 rings (SSSR count). The molecule has 6 aliphatic rings. The van der Waals surface area contributed by atoms with Gasteiger partial charge in [-0.25, -0.2) is 0 Å². The van der Waals surface area contributed by atoms with Gasteiger partial charge >= 0.3 is 0 Å². The summed E-state index contributed by atoms with van der Waals surface area (Å²) in [4.78, 5) is 0. The maximum absolute atomic E-state index is 12.0. The first-order valence-corrected chi connectivity index (χ1v) is 11.6. The summed E-state index contributed by atoms with van der Waals surface area (Å²) in [5, 5.41) is 26.6. The third-order valence-corrected chi connectivity index (χ3v) is 10.4. The SMILES string of the molecule is CO[C@]12CC[C@@]3(C[C@@H]1C(C)(O)C(C)(C)C)C1Cc4ccc(O)c5c4C3(CCN1)C2O5. The first kappa shape index (κ1) is 19.4. The Hall–Kier alpha value is -1.30. The van der Waals surface area contributed by atoms with Crippen LogP contribution >= 0.6 is 0 Å². The fourth-order valence-corrected chi connectivity index (χ4v) is 8.53. The molecule has 2 aliphatic heterocycles. The van der Waals surface area contributed by atoms with Crippen LogP contribution in [0.3, 0.4) is 0 Å². The maximum atomic E-state index is 12.0. The molecule has 5 heteroatoms. The average Bonchev–Trinajstić information content (AvgIpc) is 3.05. The van der Waals surface area contributed by atoms with E-state index in [1.54, 1.807) is 13.2 Å². The summed E-state index contributed by atoms with van der Waals surface area (Å²) < 4.78 is 13.2. The highest BCUT2D eigenvalue weighted by molar-refractivity contribution is 5.63. The summed E-state index contributed by atoms with van der Waals surface area (Å²) >= 11 is 0. The lowest BCUT2D eigenvalue weighted by Gasteiger charge is -2.74. The van der Waals surface area contributed by atoms with Crippen LogP contribution in [-0.4, -0.2) is 47.2 Å². The van der Waals surface area contributed by atoms with Crippen molar-refractivity contribution in [3.63, 3.8) is 0 Å². The Labute approximate surface area is 179 Å². The summed E-state index contributed by atoms with van der Waals surface area (Å²) in [6.07, 6.45) is 4.66. The predicted octanol–water partition coefficient (Wildman–Crippen LogP) is 3.29. The highest BCUT2D eigenvalue weighted by atomic mass is 16.6. The minimum atomic E-state index is -0.910. The third kappa shape index (κ3) is 1.77. The van der Waals surface area contributed by atoms with Crippen LogP contribution in [0.1, 0.15) is 64.5 Å². The molecule has 3 saturated carbocycles. The fourth-order valence-electron chi connectivity index (χ4n) is 8.53. The van der Waals surface area contributed by atoms with Crippen LogP contribution in [0.25, 0.3) is 0 Å². The summed E-state index contributed by atoms with van der Waals surface area (Å²) in [7, 11) is 1.80. The number of phenolic OH excluding ortho intramolecular Hbond substituents is 1. The number of aromatic hydroxyl groups is 1. The van der Waals surface area contributed by atoms with E-state index in [0.717, 1.165) is 38.6 Å². The lowest BCUT2D eigenvalue weighted by Crippen LogP contribution is -2.83. The van der Waals surface area contributed by atoms with Crippen molar-refractivity contribution in [3.8, 4) is 11.5 Å². The largest absolute Gasteiger partial charge is 0.504 e. The predicted molar refractivity (Wildman–Crippen MR) is 114 cm³/mol. The number of hydrogen-bond donors (Lipinski definition) is 3. The van der Waals surface area contributed by atoms with Crippen LogP contribution in [0.4, 0.5) is 0 Å². The molecule has 4 aliphatic carbocycles. The molecular weight excluding hydrogens is 378 g/mol. The van der Waals surface area contributed by atoms with E-state index >= 15 is 0 Å². The molecule has 2 heterocycles. The molecule has 7 atom stereocenters. The van der Waals surface area contributed by atoms with E-state index in [1.165, 1.54) is 11.1 Å². The Bertz CT molecular complexity index is 936. The van der Waals surface area contributed by atoms with E-state index in [0.29, 0.717) is 11.8 Å². The molecule has 4 fully saturated rings. The number of rotatable bonds is 2. The molecule has 2 spiro atoms. The second-order valence-corrected chi connectivity index (χ2v) is 11.8. The van der Waals surface area contributed by atoms with E-state index in [2.05, 4.69) is 32.2 Å². The first-order valence-electron chi connectivity index (χ1n) is 11.6. The fraction of sp³-hybridized carbons (Fsp3) is 0.760. The standard InChI is InChI=1S/C25H35NO4/c1-21(2,3)22(4,28)16-13-23-8-9-25(16,29-5)20-24(23)10-11-26-17(23)12-14-6-7-15(27)19(30-20)18(14)24/h6-7,16-17,20,26-28H,8-13H2,1-5H3/t16-,17?,20?,22?,23-,24?,25-/m1/s1. The number of phenols is 1. The van der Waals surface area contributed by atoms with Crippen molar-refractivity contribution in [1.82, 2.24) is 5.32 Å². The first-order chi connectivity index (χ1) is 14.1. The zero-order chi connectivity index (χ0) is 21.3. The number of methoxy groups -OCH3 is 1. The second kappa shape index (κ2) is 5.36. The minimum absolute atomic E-state index is 0.0160. The third-order valence-electron chi connectivity index (χ3n) is 10.4. The molecule has 4 unspecified atom stereocenters. The van der Waals surface area contributed by atoms with Crippen LogP contribution < -0.4 is 10.1 Å². The molecule has 1 aromatic carbocycles. The Balaban J connectivity index is 1.65. The molecule has 30 heavy (non-hydrogen) atoms. The van der Waals surface area contributed by atoms with Crippen molar-refractivity contribution in [3.05, 3.63) is 23.3 Å². The summed E-state index contributed by atoms with van der Waals surface area (Å²) in [6.45, 7) is 9.33. The van der Waals surface area contributed by atoms with Gasteiger partial charge < -0.3 is 25.0 Å². The van der Waals surface area contributed by atoms with Gasteiger partial charge in [0.25, 0.3) is 0 Å². The number of ether oxygens (including phenoxy) is 2. The van der Waals surface area contributed by atoms with E-state index in [9.17, 15) is 10.2 Å². The lowest BCUT2D eigenvalue weighted by molar-refractivity contribution is -0.303. The van der Waals surface area contributed by atoms with Crippen molar-refractivity contribution in [2.24, 2.45) is 16.7 Å². The molecule has 5 nitrogen and oxygen atoms in total. The van der Waals surface area contributed by atoms with Crippen LogP contribution in [-0.2, 0) is 16.6 Å². The minimum Gasteiger partial charge on any atom is -0.504 e. The van der Waals surface area contributed by atoms with E-state index < -0.39 is 11.2 Å². The Morgan fingerprint density at radius 1 is 1.17 bits per heavy atom. The topological polar surface area (TPSA) is 71.0 Å². The highest BCUT2D eigenvalue weighted by Gasteiger charge is 2.81. The quantitative estimate of drug-likeness (QED) is 0.694. The summed E-state index contributed by atoms with van der Waals surface area (Å²) in [5.41, 5.74) is 0.658. The number of benzene rings is 1. The van der Waals surface area contributed by atoms with E-state index in [4.69, 9.17) is 9.47 Å². The summed E-state index contributed by atoms with van der Waals surface area (Å²) in [5.74, 6) is 0.887. The molecular formula is C25H35NO4. The van der Waals surface area contributed by atoms with Crippen molar-refractivity contribution in [2.45, 2.75) is 88.6 Å². The van der Waals surface area contributed by atoms with Gasteiger partial charge in [-0.15, -0.1) is 0 Å². The zero-order valence-electron chi connectivity index (χ0n) is 18.8. The van der Waals surface area contributed by atoms with E-state index in [1.807, 2.05) is 6.92 Å². The van der Waals surface area contributed by atoms with Gasteiger partial charge in [0.15, 0.2) is 11.5 Å². The molecule has 0 radical (unpaired) electrons. The van der Waals surface area contributed by atoms with Gasteiger partial charge in [-0.1, -0.05) is 26.8 Å². The van der Waals surface area contributed by atoms with Gasteiger partial charge in [0.05, 0.1) is 5.60 Å². The van der Waals surface area contributed by atoms with Crippen LogP contribution in [0, 0.1) is 16.7 Å². The summed E-state index contributed by atoms with van der Waals surface area (Å²) in [6, 6.07) is 4.26. The number of hydrogen-bond acceptors (Lipinski definition) is 5. The van der Waals surface area contributed by atoms with Gasteiger partial charge in [0.2, 0.25) is 0 Å². The smallest absolute Gasteiger partial charge is 0.165 e. The van der Waals surface area contributed by atoms with Gasteiger partial charge in [0, 0.05) is 35.5 Å². The van der Waals surface area contributed by atoms with Crippen molar-refractivity contribution in [2.75, 3.05) is 13.7 Å². The molecule has 0 aromatic heterocycles. The average molecular weight is 414 g/mol. The molecule has 0 amide bonds. The maximum Gasteiger partial charge on any atom is 0.165 e. The normalized spacial score (nSPS) is 44.9. The Kier molecular flexibility index (Phi) is 3.46. The van der Waals surface area contributed by atoms with Crippen LogP contribution in [0.5, 0.6) is 11.5 Å². The van der Waals surface area contributed by atoms with E-state index in [-0.39, 0.29) is 34.0 Å². The highest BCUT2D eigenvalue weighted by Crippen LogP contribution is 2.77. The van der Waals surface area contributed by atoms with Gasteiger partial charge in [-0.05, 0) is 62.6 Å². The molecule has 164 valence electrons. The van der Waals surface area contributed by atoms with Crippen molar-refractivity contribution < 1.29 is 19.7 Å². The van der Waals surface area contributed by atoms with Crippen LogP contribution in [0.15, 0.2) is 12.1 Å². The number of fused-ring (bicyclic) bond motifs is 2. The molecule has 1 saturated heterocycles.